The molecule has 6 heteroatoms. The smallest absolute Gasteiger partial charge is 0.295 e. The molecule has 1 aromatic carbocycles. The minimum atomic E-state index is -0.364. The maximum absolute atomic E-state index is 12.0. The van der Waals surface area contributed by atoms with Gasteiger partial charge in [-0.15, -0.1) is 0 Å². The Labute approximate surface area is 108 Å². The molecule has 0 aliphatic rings. The Balaban J connectivity index is 1.88. The Kier molecular flexibility index (Phi) is 2.56. The molecular formula is C13H12N4O2. The van der Waals surface area contributed by atoms with Crippen LogP contribution in [-0.2, 0) is 0 Å². The third-order valence-corrected chi connectivity index (χ3v) is 2.73. The highest BCUT2D eigenvalue weighted by Gasteiger charge is 2.17. The monoisotopic (exact) mass is 256 g/mol. The number of rotatable bonds is 2. The predicted octanol–water partition coefficient (Wildman–Crippen LogP) is 2.42. The number of hydrogen-bond acceptors (Lipinski definition) is 4. The maximum Gasteiger partial charge on any atom is 0.295 e. The van der Waals surface area contributed by atoms with Crippen LogP contribution in [0.15, 0.2) is 28.7 Å². The van der Waals surface area contributed by atoms with E-state index in [1.807, 2.05) is 24.3 Å². The van der Waals surface area contributed by atoms with Crippen molar-refractivity contribution in [1.82, 2.24) is 15.0 Å². The second-order valence-corrected chi connectivity index (χ2v) is 4.20. The van der Waals surface area contributed by atoms with Crippen molar-refractivity contribution >= 4 is 22.9 Å². The highest BCUT2D eigenvalue weighted by atomic mass is 16.4. The summed E-state index contributed by atoms with van der Waals surface area (Å²) in [4.78, 5) is 23.4. The van der Waals surface area contributed by atoms with Crippen molar-refractivity contribution in [3.8, 4) is 0 Å². The molecule has 0 bridgehead atoms. The Hall–Kier alpha value is -2.63. The van der Waals surface area contributed by atoms with Crippen LogP contribution in [0.1, 0.15) is 22.1 Å². The van der Waals surface area contributed by atoms with Crippen molar-refractivity contribution in [1.29, 1.82) is 0 Å². The molecule has 19 heavy (non-hydrogen) atoms. The van der Waals surface area contributed by atoms with Crippen molar-refractivity contribution in [3.05, 3.63) is 41.6 Å². The fraction of sp³-hybridized carbons (Fsp3) is 0.154. The van der Waals surface area contributed by atoms with Crippen LogP contribution in [0, 0.1) is 13.8 Å². The molecule has 0 saturated carbocycles. The van der Waals surface area contributed by atoms with Crippen LogP contribution in [0.3, 0.4) is 0 Å². The highest BCUT2D eigenvalue weighted by molar-refractivity contribution is 6.02. The molecule has 0 fully saturated rings. The average Bonchev–Trinajstić information content (AvgIpc) is 2.91. The van der Waals surface area contributed by atoms with E-state index in [0.717, 1.165) is 11.0 Å². The van der Waals surface area contributed by atoms with Gasteiger partial charge < -0.3 is 9.40 Å². The normalized spacial score (nSPS) is 10.8. The van der Waals surface area contributed by atoms with Crippen LogP contribution >= 0.6 is 0 Å². The summed E-state index contributed by atoms with van der Waals surface area (Å²) in [5.74, 6) is 0.696. The number of carbonyl (C=O) groups is 1. The summed E-state index contributed by atoms with van der Waals surface area (Å²) in [6.07, 6.45) is 0. The maximum atomic E-state index is 12.0. The van der Waals surface area contributed by atoms with Crippen molar-refractivity contribution in [2.24, 2.45) is 0 Å². The van der Waals surface area contributed by atoms with Crippen molar-refractivity contribution in [3.63, 3.8) is 0 Å². The van der Waals surface area contributed by atoms with E-state index in [9.17, 15) is 4.79 Å². The second kappa shape index (κ2) is 4.24. The summed E-state index contributed by atoms with van der Waals surface area (Å²) >= 11 is 0. The number of anilines is 1. The molecular weight excluding hydrogens is 244 g/mol. The topological polar surface area (TPSA) is 83.8 Å². The number of imidazole rings is 1. The quantitative estimate of drug-likeness (QED) is 0.737. The predicted molar refractivity (Wildman–Crippen MR) is 70.0 cm³/mol. The van der Waals surface area contributed by atoms with E-state index < -0.39 is 0 Å². The van der Waals surface area contributed by atoms with Crippen LogP contribution in [-0.4, -0.2) is 20.9 Å². The molecule has 3 rings (SSSR count). The summed E-state index contributed by atoms with van der Waals surface area (Å²) < 4.78 is 5.26. The van der Waals surface area contributed by atoms with E-state index >= 15 is 0 Å². The number of nitrogens with zero attached hydrogens (tertiary/aromatic N) is 2. The number of oxazole rings is 1. The van der Waals surface area contributed by atoms with Gasteiger partial charge in [-0.2, -0.15) is 0 Å². The molecule has 0 aliphatic carbocycles. The first-order chi connectivity index (χ1) is 9.13. The Morgan fingerprint density at radius 3 is 2.74 bits per heavy atom. The Morgan fingerprint density at radius 1 is 1.26 bits per heavy atom. The molecule has 2 N–H and O–H groups in total. The molecule has 3 aromatic rings. The Bertz CT molecular complexity index is 724. The molecule has 0 spiro atoms. The van der Waals surface area contributed by atoms with E-state index in [4.69, 9.17) is 4.42 Å². The van der Waals surface area contributed by atoms with Crippen LogP contribution in [0.5, 0.6) is 0 Å². The minimum absolute atomic E-state index is 0.206. The summed E-state index contributed by atoms with van der Waals surface area (Å²) in [6.45, 7) is 3.43. The molecule has 2 heterocycles. The van der Waals surface area contributed by atoms with Gasteiger partial charge in [0.05, 0.1) is 16.7 Å². The van der Waals surface area contributed by atoms with Gasteiger partial charge >= 0.3 is 0 Å². The first-order valence-electron chi connectivity index (χ1n) is 5.83. The molecule has 0 aliphatic heterocycles. The van der Waals surface area contributed by atoms with Gasteiger partial charge in [0.25, 0.3) is 5.91 Å². The van der Waals surface area contributed by atoms with Gasteiger partial charge in [-0.25, -0.2) is 9.97 Å². The van der Waals surface area contributed by atoms with Gasteiger partial charge in [0.15, 0.2) is 5.89 Å². The van der Waals surface area contributed by atoms with Gasteiger partial charge in [-0.1, -0.05) is 12.1 Å². The molecule has 0 radical (unpaired) electrons. The van der Waals surface area contributed by atoms with E-state index in [2.05, 4.69) is 20.3 Å². The van der Waals surface area contributed by atoms with Gasteiger partial charge in [0, 0.05) is 6.92 Å². The lowest BCUT2D eigenvalue weighted by Gasteiger charge is -1.98. The number of nitrogens with one attached hydrogen (secondary N) is 2. The number of H-pyrrole nitrogens is 1. The summed E-state index contributed by atoms with van der Waals surface area (Å²) in [5.41, 5.74) is 2.22. The standard InChI is InChI=1S/C13H12N4O2/c1-7-11(19-8(2)14-7)12(18)17-13-15-9-5-3-4-6-10(9)16-13/h3-6H,1-2H3,(H2,15,16,17,18). The van der Waals surface area contributed by atoms with E-state index in [1.54, 1.807) is 13.8 Å². The number of aromatic amines is 1. The van der Waals surface area contributed by atoms with Crippen LogP contribution in [0.25, 0.3) is 11.0 Å². The molecule has 0 saturated heterocycles. The van der Waals surface area contributed by atoms with Gasteiger partial charge in [0.1, 0.15) is 0 Å². The third-order valence-electron chi connectivity index (χ3n) is 2.73. The average molecular weight is 256 g/mol. The lowest BCUT2D eigenvalue weighted by Crippen LogP contribution is -2.13. The second-order valence-electron chi connectivity index (χ2n) is 4.20. The number of aromatic nitrogens is 3. The van der Waals surface area contributed by atoms with Crippen LogP contribution in [0.2, 0.25) is 0 Å². The number of aryl methyl sites for hydroxylation is 2. The van der Waals surface area contributed by atoms with E-state index in [1.165, 1.54) is 0 Å². The number of amides is 1. The zero-order valence-corrected chi connectivity index (χ0v) is 10.5. The molecule has 96 valence electrons. The number of fused-ring (bicyclic) bond motifs is 1. The fourth-order valence-corrected chi connectivity index (χ4v) is 1.92. The SMILES string of the molecule is Cc1nc(C)c(C(=O)Nc2nc3ccccc3[nH]2)o1. The first-order valence-corrected chi connectivity index (χ1v) is 5.83. The highest BCUT2D eigenvalue weighted by Crippen LogP contribution is 2.15. The van der Waals surface area contributed by atoms with Crippen LogP contribution in [0.4, 0.5) is 5.95 Å². The minimum Gasteiger partial charge on any atom is -0.436 e. The van der Waals surface area contributed by atoms with Crippen molar-refractivity contribution in [2.45, 2.75) is 13.8 Å². The first kappa shape index (κ1) is 11.5. The molecule has 2 aromatic heterocycles. The zero-order chi connectivity index (χ0) is 13.4. The van der Waals surface area contributed by atoms with Crippen LogP contribution < -0.4 is 5.32 Å². The lowest BCUT2D eigenvalue weighted by atomic mass is 10.3. The largest absolute Gasteiger partial charge is 0.436 e. The Morgan fingerprint density at radius 2 is 2.05 bits per heavy atom. The summed E-state index contributed by atoms with van der Waals surface area (Å²) in [5, 5.41) is 2.66. The molecule has 6 nitrogen and oxygen atoms in total. The fourth-order valence-electron chi connectivity index (χ4n) is 1.92. The molecule has 0 unspecified atom stereocenters. The number of hydrogen-bond donors (Lipinski definition) is 2. The molecule has 0 atom stereocenters. The lowest BCUT2D eigenvalue weighted by molar-refractivity contribution is 0.0994. The number of para-hydroxylation sites is 2. The molecule has 1 amide bonds. The van der Waals surface area contributed by atoms with Crippen molar-refractivity contribution < 1.29 is 9.21 Å². The summed E-state index contributed by atoms with van der Waals surface area (Å²) in [6, 6.07) is 7.54. The third kappa shape index (κ3) is 2.08. The van der Waals surface area contributed by atoms with Gasteiger partial charge in [0.2, 0.25) is 11.7 Å². The number of benzene rings is 1. The summed E-state index contributed by atoms with van der Waals surface area (Å²) in [7, 11) is 0. The zero-order valence-electron chi connectivity index (χ0n) is 10.5. The van der Waals surface area contributed by atoms with Gasteiger partial charge in [-0.05, 0) is 19.1 Å². The number of carbonyl (C=O) groups excluding carboxylic acids is 1. The van der Waals surface area contributed by atoms with E-state index in [-0.39, 0.29) is 11.7 Å². The van der Waals surface area contributed by atoms with E-state index in [0.29, 0.717) is 17.5 Å². The van der Waals surface area contributed by atoms with Crippen molar-refractivity contribution in [2.75, 3.05) is 5.32 Å². The van der Waals surface area contributed by atoms with Gasteiger partial charge in [-0.3, -0.25) is 10.1 Å².